The normalized spacial score (nSPS) is 20.9. The fraction of sp³-hybridized carbons (Fsp3) is 0.724. The summed E-state index contributed by atoms with van der Waals surface area (Å²) in [6, 6.07) is 8.74. The van der Waals surface area contributed by atoms with E-state index in [0.717, 1.165) is 0 Å². The highest BCUT2D eigenvalue weighted by atomic mass is 28.3. The van der Waals surface area contributed by atoms with Crippen LogP contribution in [0.3, 0.4) is 0 Å². The molecule has 1 aromatic carbocycles. The third-order valence-electron chi connectivity index (χ3n) is 10.6. The summed E-state index contributed by atoms with van der Waals surface area (Å²) in [4.78, 5) is 14.3. The van der Waals surface area contributed by atoms with Gasteiger partial charge in [-0.15, -0.1) is 18.3 Å². The van der Waals surface area contributed by atoms with Gasteiger partial charge < -0.3 is 54.7 Å². The summed E-state index contributed by atoms with van der Waals surface area (Å²) in [6.07, 6.45) is 2.38. The van der Waals surface area contributed by atoms with Crippen LogP contribution in [0.15, 0.2) is 24.3 Å². The average molecular weight is 616 g/mol. The van der Waals surface area contributed by atoms with Crippen LogP contribution in [0.5, 0.6) is 0 Å². The monoisotopic (exact) mass is 617 g/mol. The van der Waals surface area contributed by atoms with Gasteiger partial charge in [0.15, 0.2) is 0 Å². The zero-order chi connectivity index (χ0) is 33.6. The van der Waals surface area contributed by atoms with Crippen molar-refractivity contribution in [2.75, 3.05) is 98.7 Å². The zero-order valence-electron chi connectivity index (χ0n) is 31.8. The average Bonchev–Trinajstić information content (AvgIpc) is 3.35. The van der Waals surface area contributed by atoms with Crippen molar-refractivity contribution < 1.29 is 0 Å². The molecule has 8 nitrogen and oxygen atoms in total. The van der Waals surface area contributed by atoms with Crippen LogP contribution in [0.4, 0.5) is 0 Å². The highest BCUT2D eigenvalue weighted by Gasteiger charge is 2.52. The lowest BCUT2D eigenvalue weighted by Crippen LogP contribution is -2.89. The summed E-state index contributed by atoms with van der Waals surface area (Å²) in [7, 11) is 29.3. The quantitative estimate of drug-likeness (QED) is 0.274. The highest BCUT2D eigenvalue weighted by molar-refractivity contribution is 7.27. The Kier molecular flexibility index (Phi) is 12.5. The van der Waals surface area contributed by atoms with Gasteiger partial charge in [0.25, 0.3) is 0 Å². The van der Waals surface area contributed by atoms with Crippen molar-refractivity contribution in [1.82, 2.24) is 38.3 Å². The van der Waals surface area contributed by atoms with E-state index in [-0.39, 0.29) is 0 Å². The lowest BCUT2D eigenvalue weighted by molar-refractivity contribution is 0.494. The number of rotatable bonds is 11. The van der Waals surface area contributed by atoms with Crippen molar-refractivity contribution in [3.63, 3.8) is 0 Å². The maximum atomic E-state index is 2.57. The minimum absolute atomic E-state index is 0.342. The van der Waals surface area contributed by atoms with Gasteiger partial charge in [0.1, 0.15) is 27.9 Å². The molecule has 1 aromatic rings. The molecule has 3 heterocycles. The van der Waals surface area contributed by atoms with Gasteiger partial charge >= 0.3 is 0 Å². The predicted octanol–water partition coefficient (Wildman–Crippen LogP) is 1.60. The lowest BCUT2D eigenvalue weighted by Gasteiger charge is -2.83. The molecule has 244 valence electrons. The van der Waals surface area contributed by atoms with E-state index in [4.69, 9.17) is 0 Å². The van der Waals surface area contributed by atoms with Crippen LogP contribution >= 0.6 is 0 Å². The van der Waals surface area contributed by atoms with E-state index in [9.17, 15) is 0 Å². The molecule has 0 N–H and O–H groups in total. The van der Waals surface area contributed by atoms with E-state index in [0.29, 0.717) is 46.8 Å². The van der Waals surface area contributed by atoms with Gasteiger partial charge in [-0.3, -0.25) is 8.07 Å². The lowest BCUT2D eigenvalue weighted by atomic mass is 8.98. The molecule has 0 bridgehead atoms. The first-order valence-corrected chi connectivity index (χ1v) is 19.4. The molecule has 0 aromatic heterocycles. The second-order valence-corrected chi connectivity index (χ2v) is 20.5. The van der Waals surface area contributed by atoms with E-state index in [1.54, 1.807) is 16.4 Å². The predicted molar refractivity (Wildman–Crippen MR) is 204 cm³/mol. The highest BCUT2D eigenvalue weighted by Crippen LogP contribution is 2.53. The summed E-state index contributed by atoms with van der Waals surface area (Å²) in [5, 5.41) is 3.83. The van der Waals surface area contributed by atoms with Crippen LogP contribution in [0.1, 0.15) is 25.8 Å². The zero-order valence-corrected chi connectivity index (χ0v) is 32.8. The molecular formula is C29H62B6N8Si-4. The minimum atomic E-state index is -1.74. The van der Waals surface area contributed by atoms with Gasteiger partial charge in [-0.1, -0.05) is 20.3 Å². The summed E-state index contributed by atoms with van der Waals surface area (Å²) >= 11 is 0. The van der Waals surface area contributed by atoms with Gasteiger partial charge in [0.05, 0.1) is 0 Å². The van der Waals surface area contributed by atoms with E-state index in [2.05, 4.69) is 188 Å². The molecule has 0 saturated carbocycles. The molecule has 3 aliphatic heterocycles. The Morgan fingerprint density at radius 1 is 0.682 bits per heavy atom. The molecule has 44 heavy (non-hydrogen) atoms. The van der Waals surface area contributed by atoms with Gasteiger partial charge in [-0.05, 0) is 98.7 Å². The van der Waals surface area contributed by atoms with Crippen LogP contribution in [0.25, 0.3) is 0 Å². The Balaban J connectivity index is 0.000000249. The van der Waals surface area contributed by atoms with Crippen LogP contribution in [-0.2, 0) is 6.42 Å². The Labute approximate surface area is 277 Å². The third kappa shape index (κ3) is 6.93. The van der Waals surface area contributed by atoms with Gasteiger partial charge in [-0.2, -0.15) is 24.1 Å². The van der Waals surface area contributed by atoms with Crippen molar-refractivity contribution in [1.29, 1.82) is 0 Å². The van der Waals surface area contributed by atoms with E-state index < -0.39 is 8.07 Å². The Morgan fingerprint density at radius 3 is 1.32 bits per heavy atom. The maximum Gasteiger partial charge on any atom is 0.115 e. The van der Waals surface area contributed by atoms with Crippen LogP contribution in [0.2, 0.25) is 18.3 Å². The molecular weight excluding hydrogens is 553 g/mol. The fourth-order valence-corrected chi connectivity index (χ4v) is 14.3. The third-order valence-corrected chi connectivity index (χ3v) is 14.6. The molecule has 0 unspecified atom stereocenters. The molecule has 3 aliphatic rings. The Bertz CT molecular complexity index is 953. The molecule has 0 atom stereocenters. The molecule has 15 heteroatoms. The minimum Gasteiger partial charge on any atom is -0.410 e. The molecule has 3 saturated heterocycles. The number of aryl methyl sites for hydroxylation is 1. The molecule has 3 fully saturated rings. The van der Waals surface area contributed by atoms with Crippen molar-refractivity contribution in [2.24, 2.45) is 0 Å². The SMILES string of the molecule is CN(C)B1[C-](CCc2ccc[cH-]2)B(N(C)C)C1(C)C.CN(C)B1[C-]([Si](C)(C)[C-]2B(N(C)C)N(C)B2N(C)C)B(N(C)C)N1C. The summed E-state index contributed by atoms with van der Waals surface area (Å²) in [5.74, 6) is 0. The Hall–Kier alpha value is -0.364. The van der Waals surface area contributed by atoms with Gasteiger partial charge in [0.2, 0.25) is 0 Å². The first-order valence-electron chi connectivity index (χ1n) is 16.4. The van der Waals surface area contributed by atoms with Crippen LogP contribution < -0.4 is 0 Å². The molecule has 0 radical (unpaired) electrons. The summed E-state index contributed by atoms with van der Waals surface area (Å²) in [6.45, 7) is 12.9. The molecule has 0 amide bonds. The number of nitrogens with zero attached hydrogens (tertiary/aromatic N) is 8. The van der Waals surface area contributed by atoms with Crippen molar-refractivity contribution in [2.45, 2.75) is 45.0 Å². The summed E-state index contributed by atoms with van der Waals surface area (Å²) in [5.41, 5.74) is 3.16. The largest absolute Gasteiger partial charge is 0.410 e. The standard InChI is InChI=1S/C15H26B2N2.C14H36B4N6Si/c1-15(2)16(18(3)4)14(17(15)19(5)6)12-11-13-9-7-8-10-13;1-19(2)15-13(16(20(3)4)23(15)9)25(11,12)14-17(21(5)6)24(10)18(14)22(7)8/h7-10H,11-12H2,1-6H3;1-12H3/q2*-2. The van der Waals surface area contributed by atoms with E-state index in [1.807, 2.05) is 0 Å². The Morgan fingerprint density at radius 2 is 1.05 bits per heavy atom. The molecule has 0 aliphatic carbocycles. The van der Waals surface area contributed by atoms with Crippen molar-refractivity contribution in [3.05, 3.63) is 46.2 Å². The number of hydrogen-bond acceptors (Lipinski definition) is 8. The van der Waals surface area contributed by atoms with Crippen LogP contribution in [0, 0.1) is 16.4 Å². The van der Waals surface area contributed by atoms with Crippen molar-refractivity contribution >= 4 is 49.7 Å². The van der Waals surface area contributed by atoms with Gasteiger partial charge in [-0.25, -0.2) is 12.1 Å². The first-order chi connectivity index (χ1) is 20.2. The molecule has 4 rings (SSSR count). The van der Waals surface area contributed by atoms with E-state index >= 15 is 0 Å². The van der Waals surface area contributed by atoms with Crippen LogP contribution in [-0.4, -0.2) is 187 Å². The fourth-order valence-electron chi connectivity index (χ4n) is 9.57. The first kappa shape index (κ1) is 38.1. The smallest absolute Gasteiger partial charge is 0.115 e. The topological polar surface area (TPSA) is 25.9 Å². The second-order valence-electron chi connectivity index (χ2n) is 16.1. The van der Waals surface area contributed by atoms with Gasteiger partial charge in [0, 0.05) is 13.7 Å². The molecule has 0 spiro atoms. The van der Waals surface area contributed by atoms with Crippen molar-refractivity contribution in [3.8, 4) is 0 Å². The number of hydrogen-bond donors (Lipinski definition) is 0. The second kappa shape index (κ2) is 14.4. The van der Waals surface area contributed by atoms with E-state index in [1.165, 1.54) is 18.4 Å². The summed E-state index contributed by atoms with van der Waals surface area (Å²) < 4.78 is 5.00. The maximum absolute atomic E-state index is 2.57.